The van der Waals surface area contributed by atoms with E-state index in [9.17, 15) is 9.90 Å². The Hall–Kier alpha value is -2.66. The van der Waals surface area contributed by atoms with Crippen molar-refractivity contribution >= 4 is 17.3 Å². The molecular weight excluding hydrogens is 382 g/mol. The Morgan fingerprint density at radius 1 is 1.10 bits per heavy atom. The molecule has 0 bridgehead atoms. The fraction of sp³-hybridized carbons (Fsp3) is 0.333. The number of benzene rings is 2. The van der Waals surface area contributed by atoms with Gasteiger partial charge in [-0.05, 0) is 34.6 Å². The normalized spacial score (nSPS) is 11.4. The van der Waals surface area contributed by atoms with Gasteiger partial charge in [-0.2, -0.15) is 0 Å². The van der Waals surface area contributed by atoms with E-state index < -0.39 is 5.97 Å². The molecule has 152 valence electrons. The summed E-state index contributed by atoms with van der Waals surface area (Å²) < 4.78 is 6.16. The number of carboxylic acid groups (broad SMARTS) is 1. The summed E-state index contributed by atoms with van der Waals surface area (Å²) in [4.78, 5) is 15.1. The molecule has 0 aliphatic heterocycles. The van der Waals surface area contributed by atoms with Crippen LogP contribution < -0.4 is 9.84 Å². The maximum atomic E-state index is 10.7. The number of carbonyl (C=O) groups excluding carboxylic acids is 1. The van der Waals surface area contributed by atoms with E-state index in [1.807, 2.05) is 24.3 Å². The first kappa shape index (κ1) is 21.1. The molecule has 3 rings (SSSR count). The molecule has 0 unspecified atom stereocenters. The molecule has 0 atom stereocenters. The van der Waals surface area contributed by atoms with Crippen LogP contribution in [0.25, 0.3) is 10.6 Å². The van der Waals surface area contributed by atoms with E-state index in [1.54, 1.807) is 5.38 Å². The van der Waals surface area contributed by atoms with Crippen molar-refractivity contribution in [3.05, 3.63) is 70.2 Å². The SMILES string of the molecule is CCc1ccc(OCc2ccc(-c3nc(CC(=O)[O-])cs3)cc2)c(C(C)(C)C)c1. The minimum absolute atomic E-state index is 0.0123. The molecule has 0 saturated heterocycles. The van der Waals surface area contributed by atoms with Crippen LogP contribution in [-0.4, -0.2) is 11.0 Å². The molecule has 0 spiro atoms. The van der Waals surface area contributed by atoms with Crippen LogP contribution in [0.15, 0.2) is 47.8 Å². The fourth-order valence-corrected chi connectivity index (χ4v) is 3.91. The molecule has 0 aliphatic carbocycles. The summed E-state index contributed by atoms with van der Waals surface area (Å²) in [5.74, 6) is -0.193. The highest BCUT2D eigenvalue weighted by atomic mass is 32.1. The van der Waals surface area contributed by atoms with Crippen LogP contribution in [0.5, 0.6) is 5.75 Å². The van der Waals surface area contributed by atoms with Gasteiger partial charge in [0.15, 0.2) is 0 Å². The van der Waals surface area contributed by atoms with Gasteiger partial charge < -0.3 is 14.6 Å². The molecule has 1 heterocycles. The Kier molecular flexibility index (Phi) is 6.38. The van der Waals surface area contributed by atoms with Gasteiger partial charge >= 0.3 is 0 Å². The third kappa shape index (κ3) is 5.45. The lowest BCUT2D eigenvalue weighted by molar-refractivity contribution is -0.304. The smallest absolute Gasteiger partial charge is 0.123 e. The number of nitrogens with zero attached hydrogens (tertiary/aromatic N) is 1. The molecule has 2 aromatic carbocycles. The van der Waals surface area contributed by atoms with Crippen LogP contribution >= 0.6 is 11.3 Å². The minimum Gasteiger partial charge on any atom is -0.550 e. The molecule has 4 nitrogen and oxygen atoms in total. The lowest BCUT2D eigenvalue weighted by Crippen LogP contribution is -2.24. The fourth-order valence-electron chi connectivity index (χ4n) is 3.08. The van der Waals surface area contributed by atoms with E-state index in [1.165, 1.54) is 22.5 Å². The first-order chi connectivity index (χ1) is 13.8. The highest BCUT2D eigenvalue weighted by molar-refractivity contribution is 7.13. The Bertz CT molecular complexity index is 984. The van der Waals surface area contributed by atoms with Crippen LogP contribution in [0.4, 0.5) is 0 Å². The predicted molar refractivity (Wildman–Crippen MR) is 115 cm³/mol. The van der Waals surface area contributed by atoms with Crippen molar-refractivity contribution < 1.29 is 14.6 Å². The van der Waals surface area contributed by atoms with Gasteiger partial charge in [0.05, 0.1) is 5.69 Å². The molecule has 3 aromatic rings. The van der Waals surface area contributed by atoms with Gasteiger partial charge in [0.1, 0.15) is 17.4 Å². The molecular formula is C24H26NO3S-. The number of aryl methyl sites for hydroxylation is 1. The lowest BCUT2D eigenvalue weighted by atomic mass is 9.85. The van der Waals surface area contributed by atoms with Gasteiger partial charge in [-0.3, -0.25) is 0 Å². The monoisotopic (exact) mass is 408 g/mol. The zero-order valence-corrected chi connectivity index (χ0v) is 18.1. The average Bonchev–Trinajstić information content (AvgIpc) is 3.13. The minimum atomic E-state index is -1.11. The second-order valence-electron chi connectivity index (χ2n) is 8.11. The summed E-state index contributed by atoms with van der Waals surface area (Å²) >= 11 is 1.44. The van der Waals surface area contributed by atoms with E-state index in [2.05, 4.69) is 50.9 Å². The molecule has 0 radical (unpaired) electrons. The van der Waals surface area contributed by atoms with Crippen LogP contribution in [0.2, 0.25) is 0 Å². The molecule has 29 heavy (non-hydrogen) atoms. The van der Waals surface area contributed by atoms with Gasteiger partial charge in [-0.1, -0.05) is 64.1 Å². The molecule has 1 aromatic heterocycles. The van der Waals surface area contributed by atoms with Gasteiger partial charge in [-0.15, -0.1) is 11.3 Å². The number of rotatable bonds is 7. The number of thiazole rings is 1. The zero-order valence-electron chi connectivity index (χ0n) is 17.3. The Balaban J connectivity index is 1.71. The topological polar surface area (TPSA) is 62.2 Å². The summed E-state index contributed by atoms with van der Waals surface area (Å²) in [7, 11) is 0. The van der Waals surface area contributed by atoms with Crippen LogP contribution in [0, 0.1) is 0 Å². The van der Waals surface area contributed by atoms with E-state index in [-0.39, 0.29) is 11.8 Å². The van der Waals surface area contributed by atoms with Crippen LogP contribution in [0.3, 0.4) is 0 Å². The van der Waals surface area contributed by atoms with Crippen molar-refractivity contribution in [2.75, 3.05) is 0 Å². The number of carboxylic acids is 1. The molecule has 0 aliphatic rings. The number of aromatic nitrogens is 1. The average molecular weight is 409 g/mol. The molecule has 0 saturated carbocycles. The maximum Gasteiger partial charge on any atom is 0.123 e. The van der Waals surface area contributed by atoms with Crippen molar-refractivity contribution in [1.29, 1.82) is 0 Å². The van der Waals surface area contributed by atoms with E-state index >= 15 is 0 Å². The highest BCUT2D eigenvalue weighted by Crippen LogP contribution is 2.33. The summed E-state index contributed by atoms with van der Waals surface area (Å²) in [6, 6.07) is 14.5. The van der Waals surface area contributed by atoms with Crippen molar-refractivity contribution in [2.24, 2.45) is 0 Å². The van der Waals surface area contributed by atoms with Crippen molar-refractivity contribution in [2.45, 2.75) is 52.6 Å². The lowest BCUT2D eigenvalue weighted by Gasteiger charge is -2.23. The second kappa shape index (κ2) is 8.78. The van der Waals surface area contributed by atoms with Gasteiger partial charge in [0.25, 0.3) is 0 Å². The van der Waals surface area contributed by atoms with E-state index in [0.29, 0.717) is 12.3 Å². The molecule has 0 amide bonds. The number of hydrogen-bond donors (Lipinski definition) is 0. The molecule has 5 heteroatoms. The highest BCUT2D eigenvalue weighted by Gasteiger charge is 2.19. The predicted octanol–water partition coefficient (Wildman–Crippen LogP) is 4.54. The zero-order chi connectivity index (χ0) is 21.0. The van der Waals surface area contributed by atoms with Crippen LogP contribution in [-0.2, 0) is 29.7 Å². The maximum absolute atomic E-state index is 10.7. The first-order valence-electron chi connectivity index (χ1n) is 9.76. The molecule has 0 fully saturated rings. The van der Waals surface area contributed by atoms with Crippen molar-refractivity contribution in [3.8, 4) is 16.3 Å². The summed E-state index contributed by atoms with van der Waals surface area (Å²) in [6.45, 7) is 9.25. The summed E-state index contributed by atoms with van der Waals surface area (Å²) in [6.07, 6.45) is 0.849. The first-order valence-corrected chi connectivity index (χ1v) is 10.6. The summed E-state index contributed by atoms with van der Waals surface area (Å²) in [5, 5.41) is 13.3. The third-order valence-corrected chi connectivity index (χ3v) is 5.67. The second-order valence-corrected chi connectivity index (χ2v) is 8.97. The third-order valence-electron chi connectivity index (χ3n) is 4.73. The Labute approximate surface area is 176 Å². The quantitative estimate of drug-likeness (QED) is 0.576. The van der Waals surface area contributed by atoms with Crippen molar-refractivity contribution in [3.63, 3.8) is 0 Å². The largest absolute Gasteiger partial charge is 0.550 e. The van der Waals surface area contributed by atoms with Crippen molar-refractivity contribution in [1.82, 2.24) is 4.98 Å². The van der Waals surface area contributed by atoms with E-state index in [4.69, 9.17) is 4.74 Å². The Morgan fingerprint density at radius 2 is 1.79 bits per heavy atom. The van der Waals surface area contributed by atoms with Gasteiger partial charge in [0.2, 0.25) is 0 Å². The van der Waals surface area contributed by atoms with E-state index in [0.717, 1.165) is 28.3 Å². The van der Waals surface area contributed by atoms with Crippen LogP contribution in [0.1, 0.15) is 50.1 Å². The number of hydrogen-bond acceptors (Lipinski definition) is 5. The number of ether oxygens (including phenoxy) is 1. The standard InChI is InChI=1S/C24H27NO3S/c1-5-16-8-11-21(20(12-16)24(2,3)4)28-14-17-6-9-18(10-7-17)23-25-19(15-29-23)13-22(26)27/h6-12,15H,5,13-14H2,1-4H3,(H,26,27)/p-1. The molecule has 0 N–H and O–H groups in total. The number of aliphatic carboxylic acids is 1. The number of carbonyl (C=O) groups is 1. The van der Waals surface area contributed by atoms with Gasteiger partial charge in [0, 0.05) is 23.3 Å². The summed E-state index contributed by atoms with van der Waals surface area (Å²) in [5.41, 5.74) is 5.11. The van der Waals surface area contributed by atoms with Gasteiger partial charge in [-0.25, -0.2) is 4.98 Å². The Morgan fingerprint density at radius 3 is 2.41 bits per heavy atom.